The van der Waals surface area contributed by atoms with Crippen molar-refractivity contribution in [3.05, 3.63) is 52.5 Å². The third-order valence-electron chi connectivity index (χ3n) is 4.01. The summed E-state index contributed by atoms with van der Waals surface area (Å²) in [7, 11) is 1.45. The van der Waals surface area contributed by atoms with E-state index in [2.05, 4.69) is 21.2 Å². The number of amides is 3. The smallest absolute Gasteiger partial charge is 0.329 e. The van der Waals surface area contributed by atoms with Crippen molar-refractivity contribution in [2.75, 3.05) is 19.0 Å². The van der Waals surface area contributed by atoms with Crippen LogP contribution in [0.15, 0.2) is 41.5 Å². The van der Waals surface area contributed by atoms with E-state index < -0.39 is 11.8 Å². The zero-order valence-electron chi connectivity index (χ0n) is 18.2. The number of hydrogen-bond donors (Lipinski definition) is 3. The van der Waals surface area contributed by atoms with E-state index in [1.54, 1.807) is 50.2 Å². The van der Waals surface area contributed by atoms with Gasteiger partial charge >= 0.3 is 11.8 Å². The lowest BCUT2D eigenvalue weighted by molar-refractivity contribution is -0.139. The molecule has 0 aromatic heterocycles. The Hall–Kier alpha value is -3.59. The van der Waals surface area contributed by atoms with E-state index in [1.165, 1.54) is 13.3 Å². The van der Waals surface area contributed by atoms with Crippen molar-refractivity contribution in [1.29, 1.82) is 0 Å². The van der Waals surface area contributed by atoms with Crippen LogP contribution in [0, 0.1) is 6.92 Å². The van der Waals surface area contributed by atoms with Gasteiger partial charge in [-0.05, 0) is 62.2 Å². The number of nitrogens with zero attached hydrogens (tertiary/aromatic N) is 1. The molecule has 0 bridgehead atoms. The molecule has 0 aliphatic heterocycles. The van der Waals surface area contributed by atoms with Crippen LogP contribution in [0.4, 0.5) is 5.69 Å². The van der Waals surface area contributed by atoms with Crippen LogP contribution < -0.4 is 25.5 Å². The molecule has 0 unspecified atom stereocenters. The third-order valence-corrected chi connectivity index (χ3v) is 4.41. The highest BCUT2D eigenvalue weighted by molar-refractivity contribution is 6.35. The predicted octanol–water partition coefficient (Wildman–Crippen LogP) is 2.65. The number of aryl methyl sites for hydroxylation is 1. The molecule has 0 fully saturated rings. The Morgan fingerprint density at radius 1 is 1.09 bits per heavy atom. The minimum Gasteiger partial charge on any atom is -0.493 e. The average molecular weight is 461 g/mol. The van der Waals surface area contributed by atoms with Crippen molar-refractivity contribution < 1.29 is 23.9 Å². The number of rotatable bonds is 8. The second kappa shape index (κ2) is 11.7. The van der Waals surface area contributed by atoms with Crippen molar-refractivity contribution in [3.8, 4) is 11.5 Å². The maximum atomic E-state index is 12.2. The Morgan fingerprint density at radius 2 is 1.84 bits per heavy atom. The Labute approximate surface area is 191 Å². The quantitative estimate of drug-likeness (QED) is 0.318. The average Bonchev–Trinajstić information content (AvgIpc) is 2.74. The van der Waals surface area contributed by atoms with Crippen LogP contribution in [0.3, 0.4) is 0 Å². The summed E-state index contributed by atoms with van der Waals surface area (Å²) in [6.07, 6.45) is 1.35. The van der Waals surface area contributed by atoms with Crippen LogP contribution >= 0.6 is 11.6 Å². The molecule has 170 valence electrons. The summed E-state index contributed by atoms with van der Waals surface area (Å²) in [5.74, 6) is -1.29. The zero-order chi connectivity index (χ0) is 23.7. The molecule has 0 atom stereocenters. The molecule has 0 aliphatic rings. The van der Waals surface area contributed by atoms with Crippen molar-refractivity contribution in [1.82, 2.24) is 10.7 Å². The molecule has 10 heteroatoms. The lowest BCUT2D eigenvalue weighted by Gasteiger charge is -2.12. The highest BCUT2D eigenvalue weighted by Crippen LogP contribution is 2.27. The summed E-state index contributed by atoms with van der Waals surface area (Å²) < 4.78 is 10.8. The van der Waals surface area contributed by atoms with Gasteiger partial charge < -0.3 is 20.1 Å². The lowest BCUT2D eigenvalue weighted by Crippen LogP contribution is -2.41. The SMILES string of the molecule is COc1cc(/C=N\NC(=O)C(=O)NC(C)C)ccc1OCC(=O)Nc1ccc(C)c(Cl)c1. The van der Waals surface area contributed by atoms with Crippen LogP contribution in [-0.2, 0) is 14.4 Å². The summed E-state index contributed by atoms with van der Waals surface area (Å²) >= 11 is 6.06. The Bertz CT molecular complexity index is 1020. The fourth-order valence-corrected chi connectivity index (χ4v) is 2.62. The van der Waals surface area contributed by atoms with Gasteiger partial charge in [-0.25, -0.2) is 5.43 Å². The van der Waals surface area contributed by atoms with E-state index in [1.807, 2.05) is 6.92 Å². The highest BCUT2D eigenvalue weighted by Gasteiger charge is 2.13. The van der Waals surface area contributed by atoms with E-state index in [9.17, 15) is 14.4 Å². The van der Waals surface area contributed by atoms with E-state index in [-0.39, 0.29) is 18.6 Å². The summed E-state index contributed by atoms with van der Waals surface area (Å²) in [5, 5.41) is 9.47. The van der Waals surface area contributed by atoms with Crippen molar-refractivity contribution >= 4 is 41.2 Å². The second-order valence-corrected chi connectivity index (χ2v) is 7.45. The van der Waals surface area contributed by atoms with Gasteiger partial charge in [0.2, 0.25) is 0 Å². The van der Waals surface area contributed by atoms with E-state index in [0.717, 1.165) is 5.56 Å². The van der Waals surface area contributed by atoms with Crippen molar-refractivity contribution in [2.24, 2.45) is 5.10 Å². The number of hydrogen-bond acceptors (Lipinski definition) is 6. The van der Waals surface area contributed by atoms with Gasteiger partial charge in [-0.1, -0.05) is 17.7 Å². The van der Waals surface area contributed by atoms with E-state index in [4.69, 9.17) is 21.1 Å². The van der Waals surface area contributed by atoms with Crippen molar-refractivity contribution in [3.63, 3.8) is 0 Å². The predicted molar refractivity (Wildman–Crippen MR) is 122 cm³/mol. The number of ether oxygens (including phenoxy) is 2. The van der Waals surface area contributed by atoms with Gasteiger partial charge in [-0.15, -0.1) is 0 Å². The number of carbonyl (C=O) groups excluding carboxylic acids is 3. The number of nitrogens with one attached hydrogen (secondary N) is 3. The first-order valence-electron chi connectivity index (χ1n) is 9.70. The van der Waals surface area contributed by atoms with Gasteiger partial charge in [-0.3, -0.25) is 14.4 Å². The Morgan fingerprint density at radius 3 is 2.50 bits per heavy atom. The first-order chi connectivity index (χ1) is 15.2. The zero-order valence-corrected chi connectivity index (χ0v) is 18.9. The van der Waals surface area contributed by atoms with E-state index >= 15 is 0 Å². The van der Waals surface area contributed by atoms with E-state index in [0.29, 0.717) is 27.8 Å². The molecule has 0 heterocycles. The number of halogens is 1. The second-order valence-electron chi connectivity index (χ2n) is 7.04. The van der Waals surface area contributed by atoms with Crippen LogP contribution in [0.25, 0.3) is 0 Å². The molecule has 2 aromatic carbocycles. The van der Waals surface area contributed by atoms with Crippen molar-refractivity contribution in [2.45, 2.75) is 26.8 Å². The molecule has 9 nitrogen and oxygen atoms in total. The number of hydrazone groups is 1. The molecule has 0 spiro atoms. The number of carbonyl (C=O) groups is 3. The normalized spacial score (nSPS) is 10.7. The molecular weight excluding hydrogens is 436 g/mol. The molecule has 2 rings (SSSR count). The van der Waals surface area contributed by atoms with Crippen LogP contribution in [0.2, 0.25) is 5.02 Å². The minimum atomic E-state index is -0.872. The Kier molecular flexibility index (Phi) is 9.03. The molecule has 32 heavy (non-hydrogen) atoms. The first kappa shape index (κ1) is 24.7. The van der Waals surface area contributed by atoms with Crippen LogP contribution in [-0.4, -0.2) is 43.7 Å². The maximum Gasteiger partial charge on any atom is 0.329 e. The Balaban J connectivity index is 1.93. The number of benzene rings is 2. The highest BCUT2D eigenvalue weighted by atomic mass is 35.5. The monoisotopic (exact) mass is 460 g/mol. The fourth-order valence-electron chi connectivity index (χ4n) is 2.44. The molecule has 0 aliphatic carbocycles. The summed E-state index contributed by atoms with van der Waals surface area (Å²) in [6, 6.07) is 9.92. The lowest BCUT2D eigenvalue weighted by atomic mass is 10.2. The van der Waals surface area contributed by atoms with Gasteiger partial charge in [0.25, 0.3) is 5.91 Å². The summed E-state index contributed by atoms with van der Waals surface area (Å²) in [4.78, 5) is 35.3. The largest absolute Gasteiger partial charge is 0.493 e. The molecule has 3 N–H and O–H groups in total. The first-order valence-corrected chi connectivity index (χ1v) is 10.1. The fraction of sp³-hybridized carbons (Fsp3) is 0.273. The number of methoxy groups -OCH3 is 1. The molecule has 2 aromatic rings. The molecule has 0 radical (unpaired) electrons. The van der Waals surface area contributed by atoms with Crippen LogP contribution in [0.5, 0.6) is 11.5 Å². The topological polar surface area (TPSA) is 118 Å². The minimum absolute atomic E-state index is 0.161. The van der Waals surface area contributed by atoms with Gasteiger partial charge in [0.15, 0.2) is 18.1 Å². The van der Waals surface area contributed by atoms with Gasteiger partial charge in [0, 0.05) is 16.8 Å². The van der Waals surface area contributed by atoms with Crippen LogP contribution in [0.1, 0.15) is 25.0 Å². The standard InChI is InChI=1S/C22H25ClN4O5/c1-13(2)25-21(29)22(30)27-24-11-15-6-8-18(19(9-15)31-4)32-12-20(28)26-16-7-5-14(3)17(23)10-16/h5-11,13H,12H2,1-4H3,(H,25,29)(H,26,28)(H,27,30)/b24-11-. The van der Waals surface area contributed by atoms with Gasteiger partial charge in [-0.2, -0.15) is 5.10 Å². The van der Waals surface area contributed by atoms with Gasteiger partial charge in [0.05, 0.1) is 13.3 Å². The van der Waals surface area contributed by atoms with Gasteiger partial charge in [0.1, 0.15) is 0 Å². The summed E-state index contributed by atoms with van der Waals surface area (Å²) in [6.45, 7) is 5.11. The molecular formula is C22H25ClN4O5. The maximum absolute atomic E-state index is 12.2. The summed E-state index contributed by atoms with van der Waals surface area (Å²) in [5.41, 5.74) is 4.20. The third kappa shape index (κ3) is 7.59. The molecule has 0 saturated heterocycles. The molecule has 3 amide bonds. The number of anilines is 1. The molecule has 0 saturated carbocycles.